The van der Waals surface area contributed by atoms with E-state index < -0.39 is 38.2 Å². The normalized spacial score (nSPS) is 25.4. The summed E-state index contributed by atoms with van der Waals surface area (Å²) in [5.74, 6) is -3.14. The average molecular weight is 569 g/mol. The summed E-state index contributed by atoms with van der Waals surface area (Å²) in [4.78, 5) is 14.9. The molecule has 2 atom stereocenters. The van der Waals surface area contributed by atoms with Crippen molar-refractivity contribution >= 4 is 33.0 Å². The van der Waals surface area contributed by atoms with Crippen LogP contribution in [0.15, 0.2) is 41.3 Å². The van der Waals surface area contributed by atoms with E-state index in [-0.39, 0.29) is 45.1 Å². The summed E-state index contributed by atoms with van der Waals surface area (Å²) in [6.07, 6.45) is 2.17. The molecule has 2 N–H and O–H groups in total. The Balaban J connectivity index is 1.56. The third-order valence-corrected chi connectivity index (χ3v) is 10.9. The van der Waals surface area contributed by atoms with Gasteiger partial charge in [-0.2, -0.15) is 0 Å². The highest BCUT2D eigenvalue weighted by atomic mass is 35.5. The molecule has 10 heteroatoms. The standard InChI is InChI=1S/C28H35ClF2N2O4S/c1-16(2)33(17(3)4)15-28(35)19-6-7-20(28)13-22(12-19)38(36,37)26-11-18(5-9-23(26)29)27(34)32-21-8-10-24(30)25(31)14-21/h5,8-11,14,16-17,19-20,22,35H,6-7,12-13,15H2,1-4H3,(H,32,34). The molecule has 2 bridgehead atoms. The quantitative estimate of drug-likeness (QED) is 0.428. The van der Waals surface area contributed by atoms with Gasteiger partial charge in [-0.1, -0.05) is 11.6 Å². The van der Waals surface area contributed by atoms with Gasteiger partial charge in [0.05, 0.1) is 20.8 Å². The molecule has 0 spiro atoms. The number of anilines is 1. The molecule has 2 fully saturated rings. The lowest BCUT2D eigenvalue weighted by Gasteiger charge is -2.47. The fourth-order valence-corrected chi connectivity index (χ4v) is 8.60. The van der Waals surface area contributed by atoms with Crippen LogP contribution >= 0.6 is 11.6 Å². The first-order chi connectivity index (χ1) is 17.7. The van der Waals surface area contributed by atoms with E-state index >= 15 is 0 Å². The van der Waals surface area contributed by atoms with Gasteiger partial charge in [0.15, 0.2) is 21.5 Å². The van der Waals surface area contributed by atoms with Crippen molar-refractivity contribution in [2.75, 3.05) is 11.9 Å². The predicted octanol–water partition coefficient (Wildman–Crippen LogP) is 5.68. The number of nitrogens with one attached hydrogen (secondary N) is 1. The molecular formula is C28H35ClF2N2O4S. The molecular weight excluding hydrogens is 534 g/mol. The van der Waals surface area contributed by atoms with Crippen LogP contribution in [0.3, 0.4) is 0 Å². The highest BCUT2D eigenvalue weighted by Gasteiger charge is 2.56. The van der Waals surface area contributed by atoms with Crippen molar-refractivity contribution in [2.24, 2.45) is 11.8 Å². The fourth-order valence-electron chi connectivity index (χ4n) is 6.20. The lowest BCUT2D eigenvalue weighted by Crippen LogP contribution is -2.57. The van der Waals surface area contributed by atoms with Crippen LogP contribution in [0, 0.1) is 23.5 Å². The Morgan fingerprint density at radius 3 is 2.21 bits per heavy atom. The van der Waals surface area contributed by atoms with E-state index in [9.17, 15) is 27.1 Å². The van der Waals surface area contributed by atoms with Crippen molar-refractivity contribution in [2.45, 2.75) is 81.2 Å². The number of hydrogen-bond acceptors (Lipinski definition) is 5. The molecule has 2 unspecified atom stereocenters. The van der Waals surface area contributed by atoms with E-state index in [0.717, 1.165) is 25.0 Å². The highest BCUT2D eigenvalue weighted by Crippen LogP contribution is 2.52. The topological polar surface area (TPSA) is 86.7 Å². The Labute approximate surface area is 228 Å². The number of carbonyl (C=O) groups is 1. The minimum atomic E-state index is -3.92. The van der Waals surface area contributed by atoms with Gasteiger partial charge >= 0.3 is 0 Å². The number of nitrogens with zero attached hydrogens (tertiary/aromatic N) is 1. The molecule has 4 rings (SSSR count). The van der Waals surface area contributed by atoms with E-state index in [1.807, 2.05) is 0 Å². The molecule has 6 nitrogen and oxygen atoms in total. The second kappa shape index (κ2) is 10.8. The molecule has 2 aliphatic rings. The molecule has 208 valence electrons. The van der Waals surface area contributed by atoms with Crippen molar-refractivity contribution in [3.8, 4) is 0 Å². The lowest BCUT2D eigenvalue weighted by molar-refractivity contribution is -0.0904. The van der Waals surface area contributed by atoms with E-state index in [0.29, 0.717) is 19.4 Å². The number of amides is 1. The largest absolute Gasteiger partial charge is 0.388 e. The van der Waals surface area contributed by atoms with Gasteiger partial charge in [0.2, 0.25) is 0 Å². The van der Waals surface area contributed by atoms with Gasteiger partial charge in [-0.15, -0.1) is 0 Å². The molecule has 2 aromatic rings. The van der Waals surface area contributed by atoms with Gasteiger partial charge in [0.1, 0.15) is 0 Å². The third kappa shape index (κ3) is 5.48. The number of benzene rings is 2. The summed E-state index contributed by atoms with van der Waals surface area (Å²) < 4.78 is 54.3. The van der Waals surface area contributed by atoms with E-state index in [2.05, 4.69) is 37.9 Å². The monoisotopic (exact) mass is 568 g/mol. The molecule has 0 radical (unpaired) electrons. The second-order valence-corrected chi connectivity index (χ2v) is 13.8. The van der Waals surface area contributed by atoms with Crippen molar-refractivity contribution in [1.29, 1.82) is 0 Å². The number of hydrogen-bond donors (Lipinski definition) is 2. The Bertz CT molecular complexity index is 1300. The maximum absolute atomic E-state index is 13.8. The number of carbonyl (C=O) groups excluding carboxylic acids is 1. The number of fused-ring (bicyclic) bond motifs is 2. The van der Waals surface area contributed by atoms with Crippen LogP contribution in [0.2, 0.25) is 5.02 Å². The summed E-state index contributed by atoms with van der Waals surface area (Å²) in [6.45, 7) is 8.89. The molecule has 0 aliphatic heterocycles. The first-order valence-corrected chi connectivity index (χ1v) is 14.9. The van der Waals surface area contributed by atoms with Crippen molar-refractivity contribution in [3.63, 3.8) is 0 Å². The Kier molecular flexibility index (Phi) is 8.25. The highest BCUT2D eigenvalue weighted by molar-refractivity contribution is 7.92. The molecule has 2 aliphatic carbocycles. The van der Waals surface area contributed by atoms with Gasteiger partial charge in [-0.05, 0) is 95.5 Å². The number of rotatable bonds is 8. The van der Waals surface area contributed by atoms with Gasteiger partial charge in [-0.25, -0.2) is 17.2 Å². The summed E-state index contributed by atoms with van der Waals surface area (Å²) in [7, 11) is -3.92. The molecule has 0 saturated heterocycles. The van der Waals surface area contributed by atoms with Gasteiger partial charge in [0.25, 0.3) is 5.91 Å². The number of halogens is 3. The molecule has 0 heterocycles. The van der Waals surface area contributed by atoms with Crippen LogP contribution in [0.5, 0.6) is 0 Å². The minimum absolute atomic E-state index is 0.00773. The summed E-state index contributed by atoms with van der Waals surface area (Å²) >= 11 is 6.33. The number of sulfone groups is 1. The minimum Gasteiger partial charge on any atom is -0.388 e. The predicted molar refractivity (Wildman–Crippen MR) is 144 cm³/mol. The summed E-state index contributed by atoms with van der Waals surface area (Å²) in [5.41, 5.74) is -0.887. The van der Waals surface area contributed by atoms with Gasteiger partial charge in [-0.3, -0.25) is 9.69 Å². The van der Waals surface area contributed by atoms with Crippen molar-refractivity contribution in [3.05, 3.63) is 58.6 Å². The Morgan fingerprint density at radius 1 is 1.05 bits per heavy atom. The van der Waals surface area contributed by atoms with Gasteiger partial charge < -0.3 is 10.4 Å². The molecule has 38 heavy (non-hydrogen) atoms. The smallest absolute Gasteiger partial charge is 0.255 e. The van der Waals surface area contributed by atoms with Crippen molar-refractivity contribution in [1.82, 2.24) is 4.90 Å². The molecule has 0 aromatic heterocycles. The van der Waals surface area contributed by atoms with E-state index in [4.69, 9.17) is 11.6 Å². The zero-order valence-electron chi connectivity index (χ0n) is 22.0. The second-order valence-electron chi connectivity index (χ2n) is 11.2. The Morgan fingerprint density at radius 2 is 1.66 bits per heavy atom. The zero-order valence-corrected chi connectivity index (χ0v) is 23.6. The van der Waals surface area contributed by atoms with Crippen LogP contribution in [0.25, 0.3) is 0 Å². The third-order valence-electron chi connectivity index (χ3n) is 8.25. The summed E-state index contributed by atoms with van der Waals surface area (Å²) in [5, 5.41) is 13.5. The SMILES string of the molecule is CC(C)N(CC1(O)C2CCC1CC(S(=O)(=O)c1cc(C(=O)Nc3ccc(F)c(F)c3)ccc1Cl)C2)C(C)C. The maximum Gasteiger partial charge on any atom is 0.255 e. The van der Waals surface area contributed by atoms with E-state index in [1.165, 1.54) is 24.3 Å². The van der Waals surface area contributed by atoms with Crippen molar-refractivity contribution < 1.29 is 27.1 Å². The molecule has 2 saturated carbocycles. The fraction of sp³-hybridized carbons (Fsp3) is 0.536. The van der Waals surface area contributed by atoms with Crippen LogP contribution in [-0.2, 0) is 9.84 Å². The summed E-state index contributed by atoms with van der Waals surface area (Å²) in [6, 6.07) is 7.41. The first kappa shape index (κ1) is 28.9. The lowest BCUT2D eigenvalue weighted by atomic mass is 9.73. The zero-order chi connectivity index (χ0) is 28.0. The van der Waals surface area contributed by atoms with Crippen LogP contribution in [0.1, 0.15) is 63.7 Å². The van der Waals surface area contributed by atoms with E-state index in [1.54, 1.807) is 0 Å². The van der Waals surface area contributed by atoms with Crippen LogP contribution < -0.4 is 5.32 Å². The number of aliphatic hydroxyl groups is 1. The van der Waals surface area contributed by atoms with Gasteiger partial charge in [0, 0.05) is 35.9 Å². The first-order valence-electron chi connectivity index (χ1n) is 13.0. The van der Waals surface area contributed by atoms with Crippen LogP contribution in [-0.4, -0.2) is 53.8 Å². The average Bonchev–Trinajstić information content (AvgIpc) is 2.99. The van der Waals surface area contributed by atoms with Crippen LogP contribution in [0.4, 0.5) is 14.5 Å². The maximum atomic E-state index is 13.8. The molecule has 2 aromatic carbocycles. The molecule has 1 amide bonds. The Hall–Kier alpha value is -2.07.